The minimum Gasteiger partial charge on any atom is -0.310 e. The van der Waals surface area contributed by atoms with Crippen molar-refractivity contribution in [3.63, 3.8) is 0 Å². The third-order valence-corrected chi connectivity index (χ3v) is 4.17. The zero-order valence-electron chi connectivity index (χ0n) is 11.2. The van der Waals surface area contributed by atoms with Crippen LogP contribution in [-0.4, -0.2) is 6.54 Å². The molecule has 0 spiro atoms. The molecule has 0 aliphatic rings. The van der Waals surface area contributed by atoms with Gasteiger partial charge in [0.25, 0.3) is 0 Å². The van der Waals surface area contributed by atoms with Crippen LogP contribution < -0.4 is 5.32 Å². The molecule has 0 radical (unpaired) electrons. The average molecular weight is 239 g/mol. The van der Waals surface area contributed by atoms with Gasteiger partial charge in [-0.3, -0.25) is 0 Å². The van der Waals surface area contributed by atoms with E-state index in [1.807, 2.05) is 0 Å². The highest BCUT2D eigenvalue weighted by atomic mass is 32.1. The van der Waals surface area contributed by atoms with Gasteiger partial charge in [-0.25, -0.2) is 0 Å². The third-order valence-electron chi connectivity index (χ3n) is 3.46. The molecule has 2 unspecified atom stereocenters. The van der Waals surface area contributed by atoms with E-state index >= 15 is 0 Å². The maximum Gasteiger partial charge on any atom is 0.0331 e. The molecule has 0 amide bonds. The van der Waals surface area contributed by atoms with Gasteiger partial charge < -0.3 is 5.32 Å². The van der Waals surface area contributed by atoms with Gasteiger partial charge in [0.2, 0.25) is 0 Å². The summed E-state index contributed by atoms with van der Waals surface area (Å²) >= 11 is 1.79. The monoisotopic (exact) mass is 239 g/mol. The van der Waals surface area contributed by atoms with Crippen LogP contribution in [0, 0.1) is 11.3 Å². The Hall–Kier alpha value is -0.340. The van der Waals surface area contributed by atoms with E-state index in [0.717, 1.165) is 12.5 Å². The standard InChI is InChI=1S/C14H25NS/c1-6-15-13(12-7-8-16-10-12)9-11(2)14(3,4)5/h7-8,10-11,13,15H,6,9H2,1-5H3. The lowest BCUT2D eigenvalue weighted by molar-refractivity contribution is 0.224. The molecule has 0 fully saturated rings. The minimum absolute atomic E-state index is 0.393. The van der Waals surface area contributed by atoms with Crippen LogP contribution in [0.2, 0.25) is 0 Å². The fourth-order valence-electron chi connectivity index (χ4n) is 1.76. The lowest BCUT2D eigenvalue weighted by Gasteiger charge is -2.31. The van der Waals surface area contributed by atoms with Crippen molar-refractivity contribution in [3.8, 4) is 0 Å². The lowest BCUT2D eigenvalue weighted by Crippen LogP contribution is -2.27. The Morgan fingerprint density at radius 3 is 2.50 bits per heavy atom. The Bertz CT molecular complexity index is 284. The van der Waals surface area contributed by atoms with E-state index in [0.29, 0.717) is 11.5 Å². The summed E-state index contributed by atoms with van der Waals surface area (Å²) in [6.07, 6.45) is 1.22. The van der Waals surface area contributed by atoms with Crippen LogP contribution in [0.1, 0.15) is 52.6 Å². The van der Waals surface area contributed by atoms with E-state index in [4.69, 9.17) is 0 Å². The van der Waals surface area contributed by atoms with Crippen molar-refractivity contribution in [2.24, 2.45) is 11.3 Å². The van der Waals surface area contributed by atoms with Gasteiger partial charge in [0.05, 0.1) is 0 Å². The van der Waals surface area contributed by atoms with E-state index < -0.39 is 0 Å². The van der Waals surface area contributed by atoms with E-state index in [9.17, 15) is 0 Å². The van der Waals surface area contributed by atoms with Crippen molar-refractivity contribution >= 4 is 11.3 Å². The number of nitrogens with one attached hydrogen (secondary N) is 1. The maximum atomic E-state index is 3.59. The van der Waals surface area contributed by atoms with Gasteiger partial charge in [-0.05, 0) is 46.7 Å². The predicted molar refractivity (Wildman–Crippen MR) is 74.0 cm³/mol. The van der Waals surface area contributed by atoms with Crippen LogP contribution in [0.3, 0.4) is 0 Å². The highest BCUT2D eigenvalue weighted by Gasteiger charge is 2.24. The van der Waals surface area contributed by atoms with E-state index in [2.05, 4.69) is 56.8 Å². The van der Waals surface area contributed by atoms with Gasteiger partial charge in [-0.1, -0.05) is 34.6 Å². The molecule has 92 valence electrons. The molecule has 1 N–H and O–H groups in total. The van der Waals surface area contributed by atoms with Crippen LogP contribution in [0.5, 0.6) is 0 Å². The Morgan fingerprint density at radius 1 is 1.38 bits per heavy atom. The molecule has 1 aromatic heterocycles. The zero-order valence-corrected chi connectivity index (χ0v) is 12.0. The molecule has 0 saturated carbocycles. The molecule has 1 rings (SSSR count). The van der Waals surface area contributed by atoms with Crippen molar-refractivity contribution in [1.82, 2.24) is 5.32 Å². The molecule has 1 heterocycles. The number of hydrogen-bond donors (Lipinski definition) is 1. The Balaban J connectivity index is 2.66. The first-order chi connectivity index (χ1) is 7.45. The van der Waals surface area contributed by atoms with Crippen molar-refractivity contribution in [2.45, 2.75) is 47.1 Å². The Morgan fingerprint density at radius 2 is 2.06 bits per heavy atom. The van der Waals surface area contributed by atoms with Crippen molar-refractivity contribution in [2.75, 3.05) is 6.54 Å². The third kappa shape index (κ3) is 3.91. The van der Waals surface area contributed by atoms with Gasteiger partial charge in [-0.15, -0.1) is 0 Å². The summed E-state index contributed by atoms with van der Waals surface area (Å²) in [5.74, 6) is 0.719. The summed E-state index contributed by atoms with van der Waals surface area (Å²) in [5, 5.41) is 8.03. The second-order valence-electron chi connectivity index (χ2n) is 5.67. The average Bonchev–Trinajstić information content (AvgIpc) is 2.68. The minimum atomic E-state index is 0.393. The van der Waals surface area contributed by atoms with Crippen LogP contribution in [0.25, 0.3) is 0 Å². The summed E-state index contributed by atoms with van der Waals surface area (Å²) in [7, 11) is 0. The van der Waals surface area contributed by atoms with E-state index in [1.165, 1.54) is 12.0 Å². The van der Waals surface area contributed by atoms with Crippen LogP contribution in [0.4, 0.5) is 0 Å². The van der Waals surface area contributed by atoms with Crippen molar-refractivity contribution in [1.29, 1.82) is 0 Å². The number of rotatable bonds is 5. The molecule has 1 nitrogen and oxygen atoms in total. The van der Waals surface area contributed by atoms with Crippen LogP contribution in [-0.2, 0) is 0 Å². The number of hydrogen-bond acceptors (Lipinski definition) is 2. The first kappa shape index (κ1) is 13.7. The smallest absolute Gasteiger partial charge is 0.0331 e. The summed E-state index contributed by atoms with van der Waals surface area (Å²) in [5.41, 5.74) is 1.84. The topological polar surface area (TPSA) is 12.0 Å². The molecule has 0 saturated heterocycles. The van der Waals surface area contributed by atoms with Gasteiger partial charge in [0.15, 0.2) is 0 Å². The normalized spacial score (nSPS) is 16.1. The van der Waals surface area contributed by atoms with E-state index in [1.54, 1.807) is 11.3 Å². The lowest BCUT2D eigenvalue weighted by atomic mass is 9.78. The second-order valence-corrected chi connectivity index (χ2v) is 6.45. The molecule has 2 heteroatoms. The largest absolute Gasteiger partial charge is 0.310 e. The SMILES string of the molecule is CCNC(CC(C)C(C)(C)C)c1ccsc1. The molecule has 16 heavy (non-hydrogen) atoms. The summed E-state index contributed by atoms with van der Waals surface area (Å²) in [6.45, 7) is 12.6. The van der Waals surface area contributed by atoms with Gasteiger partial charge in [0, 0.05) is 6.04 Å². The summed E-state index contributed by atoms with van der Waals surface area (Å²) in [4.78, 5) is 0. The summed E-state index contributed by atoms with van der Waals surface area (Å²) in [6, 6.07) is 2.76. The van der Waals surface area contributed by atoms with Gasteiger partial charge >= 0.3 is 0 Å². The Labute approximate surface area is 104 Å². The Kier molecular flexibility index (Phi) is 5.00. The molecule has 1 aromatic rings. The fourth-order valence-corrected chi connectivity index (χ4v) is 2.48. The van der Waals surface area contributed by atoms with Crippen LogP contribution >= 0.6 is 11.3 Å². The molecular formula is C14H25NS. The molecule has 0 bridgehead atoms. The van der Waals surface area contributed by atoms with Gasteiger partial charge in [-0.2, -0.15) is 11.3 Å². The highest BCUT2D eigenvalue weighted by Crippen LogP contribution is 2.33. The van der Waals surface area contributed by atoms with Crippen molar-refractivity contribution < 1.29 is 0 Å². The highest BCUT2D eigenvalue weighted by molar-refractivity contribution is 7.07. The zero-order chi connectivity index (χ0) is 12.2. The van der Waals surface area contributed by atoms with E-state index in [-0.39, 0.29) is 0 Å². The summed E-state index contributed by atoms with van der Waals surface area (Å²) < 4.78 is 0. The maximum absolute atomic E-state index is 3.59. The quantitative estimate of drug-likeness (QED) is 0.799. The number of thiophene rings is 1. The first-order valence-electron chi connectivity index (χ1n) is 6.20. The van der Waals surface area contributed by atoms with Crippen molar-refractivity contribution in [3.05, 3.63) is 22.4 Å². The second kappa shape index (κ2) is 5.83. The first-order valence-corrected chi connectivity index (χ1v) is 7.15. The fraction of sp³-hybridized carbons (Fsp3) is 0.714. The molecule has 0 aromatic carbocycles. The van der Waals surface area contributed by atoms with Crippen LogP contribution in [0.15, 0.2) is 16.8 Å². The molecule has 2 atom stereocenters. The predicted octanol–water partition coefficient (Wildman–Crippen LogP) is 4.47. The molecule has 0 aliphatic carbocycles. The van der Waals surface area contributed by atoms with Gasteiger partial charge in [0.1, 0.15) is 0 Å². The molecular weight excluding hydrogens is 214 g/mol. The molecule has 0 aliphatic heterocycles.